The summed E-state index contributed by atoms with van der Waals surface area (Å²) in [4.78, 5) is 36.8. The minimum Gasteiger partial charge on any atom is -0.307 e. The topological polar surface area (TPSA) is 89.0 Å². The molecule has 6 nitrogen and oxygen atoms in total. The number of rotatable bonds is 3. The first-order valence-electron chi connectivity index (χ1n) is 7.90. The molecule has 136 valence electrons. The Balaban J connectivity index is 0.000000817. The van der Waals surface area contributed by atoms with Gasteiger partial charge in [-0.25, -0.2) is 4.98 Å². The summed E-state index contributed by atoms with van der Waals surface area (Å²) in [6.07, 6.45) is 5.21. The Labute approximate surface area is 161 Å². The molecule has 0 bridgehead atoms. The van der Waals surface area contributed by atoms with Crippen LogP contribution in [-0.4, -0.2) is 22.0 Å². The highest BCUT2D eigenvalue weighted by Crippen LogP contribution is 2.28. The monoisotopic (exact) mass is 381 g/mol. The maximum atomic E-state index is 12.3. The normalized spacial score (nSPS) is 9.59. The van der Waals surface area contributed by atoms with Gasteiger partial charge in [0, 0.05) is 40.3 Å². The number of nitrogens with zero attached hydrogens (tertiary/aromatic N) is 2. The fourth-order valence-corrected chi connectivity index (χ4v) is 2.63. The molecule has 0 aliphatic heterocycles. The molecule has 1 amide bonds. The summed E-state index contributed by atoms with van der Waals surface area (Å²) in [6.45, 7) is 3.86. The predicted octanol–water partition coefficient (Wildman–Crippen LogP) is 4.08. The lowest BCUT2D eigenvalue weighted by molar-refractivity contribution is -0.191. The third-order valence-electron chi connectivity index (χ3n) is 3.70. The van der Waals surface area contributed by atoms with E-state index in [4.69, 9.17) is 21.2 Å². The van der Waals surface area contributed by atoms with Crippen LogP contribution in [0.5, 0.6) is 0 Å². The Hall–Kier alpha value is -3.34. The predicted molar refractivity (Wildman–Crippen MR) is 101 cm³/mol. The van der Waals surface area contributed by atoms with Crippen molar-refractivity contribution in [3.05, 3.63) is 76.7 Å². The first-order chi connectivity index (χ1) is 13.0. The Bertz CT molecular complexity index is 982. The van der Waals surface area contributed by atoms with Gasteiger partial charge in [0.05, 0.1) is 0 Å². The Morgan fingerprint density at radius 3 is 2.44 bits per heavy atom. The second-order valence-electron chi connectivity index (χ2n) is 5.64. The van der Waals surface area contributed by atoms with Crippen molar-refractivity contribution in [2.24, 2.45) is 0 Å². The number of hydrogen-bond donors (Lipinski definition) is 1. The number of aryl methyl sites for hydroxylation is 2. The molecule has 0 radical (unpaired) electrons. The van der Waals surface area contributed by atoms with Gasteiger partial charge in [0.1, 0.15) is 5.82 Å². The van der Waals surface area contributed by atoms with Crippen LogP contribution in [0.4, 0.5) is 5.82 Å². The third-order valence-corrected chi connectivity index (χ3v) is 4.03. The van der Waals surface area contributed by atoms with E-state index in [1.54, 1.807) is 30.7 Å². The van der Waals surface area contributed by atoms with Crippen molar-refractivity contribution in [2.45, 2.75) is 13.8 Å². The van der Waals surface area contributed by atoms with Crippen LogP contribution in [0, 0.1) is 13.8 Å². The molecule has 0 aliphatic carbocycles. The number of hydrogen-bond acceptors (Lipinski definition) is 5. The van der Waals surface area contributed by atoms with Crippen LogP contribution in [-0.2, 0) is 9.59 Å². The number of aromatic nitrogens is 2. The quantitative estimate of drug-likeness (QED) is 0.738. The number of amides is 1. The SMILES string of the molecule is Cc1ccc(Cl)c(-c2ccc(NC(=O)c3ccncc3C)nc2)c1.O=C=O. The zero-order valence-electron chi connectivity index (χ0n) is 14.7. The van der Waals surface area contributed by atoms with Gasteiger partial charge in [0.15, 0.2) is 0 Å². The number of benzene rings is 1. The summed E-state index contributed by atoms with van der Waals surface area (Å²) in [5.74, 6) is 0.285. The molecule has 1 N–H and O–H groups in total. The molecule has 3 aromatic rings. The lowest BCUT2D eigenvalue weighted by Gasteiger charge is -2.09. The van der Waals surface area contributed by atoms with E-state index < -0.39 is 0 Å². The maximum Gasteiger partial charge on any atom is 0.373 e. The average molecular weight is 382 g/mol. The number of pyridine rings is 2. The minimum absolute atomic E-state index is 0.205. The van der Waals surface area contributed by atoms with Crippen LogP contribution in [0.3, 0.4) is 0 Å². The van der Waals surface area contributed by atoms with Crippen LogP contribution >= 0.6 is 11.6 Å². The van der Waals surface area contributed by atoms with Crippen LogP contribution in [0.2, 0.25) is 5.02 Å². The molecule has 0 atom stereocenters. The third kappa shape index (κ3) is 5.31. The Morgan fingerprint density at radius 1 is 1.07 bits per heavy atom. The van der Waals surface area contributed by atoms with Gasteiger partial charge in [-0.3, -0.25) is 9.78 Å². The first-order valence-corrected chi connectivity index (χ1v) is 8.28. The van der Waals surface area contributed by atoms with E-state index in [0.29, 0.717) is 16.4 Å². The molecule has 0 aliphatic rings. The van der Waals surface area contributed by atoms with Gasteiger partial charge in [-0.05, 0) is 49.7 Å². The number of carbonyl (C=O) groups is 1. The molecule has 1 aromatic carbocycles. The van der Waals surface area contributed by atoms with E-state index in [9.17, 15) is 4.79 Å². The second-order valence-corrected chi connectivity index (χ2v) is 6.05. The molecule has 0 unspecified atom stereocenters. The number of nitrogens with one attached hydrogen (secondary N) is 1. The van der Waals surface area contributed by atoms with E-state index in [-0.39, 0.29) is 12.1 Å². The summed E-state index contributed by atoms with van der Waals surface area (Å²) in [5.41, 5.74) is 4.35. The van der Waals surface area contributed by atoms with Crippen LogP contribution in [0.15, 0.2) is 55.0 Å². The van der Waals surface area contributed by atoms with Crippen molar-refractivity contribution in [1.29, 1.82) is 0 Å². The molecule has 27 heavy (non-hydrogen) atoms. The average Bonchev–Trinajstić information content (AvgIpc) is 2.65. The van der Waals surface area contributed by atoms with Crippen molar-refractivity contribution >= 4 is 29.5 Å². The van der Waals surface area contributed by atoms with Gasteiger partial charge < -0.3 is 5.32 Å². The summed E-state index contributed by atoms with van der Waals surface area (Å²) in [7, 11) is 0. The van der Waals surface area contributed by atoms with E-state index >= 15 is 0 Å². The van der Waals surface area contributed by atoms with Gasteiger partial charge in [0.2, 0.25) is 0 Å². The number of carbonyl (C=O) groups excluding carboxylic acids is 3. The van der Waals surface area contributed by atoms with Crippen molar-refractivity contribution in [3.8, 4) is 11.1 Å². The van der Waals surface area contributed by atoms with Gasteiger partial charge in [-0.2, -0.15) is 9.59 Å². The van der Waals surface area contributed by atoms with Gasteiger partial charge in [0.25, 0.3) is 5.91 Å². The zero-order valence-corrected chi connectivity index (χ0v) is 15.4. The maximum absolute atomic E-state index is 12.3. The van der Waals surface area contributed by atoms with Crippen LogP contribution < -0.4 is 5.32 Å². The molecule has 7 heteroatoms. The number of halogens is 1. The highest BCUT2D eigenvalue weighted by atomic mass is 35.5. The van der Waals surface area contributed by atoms with E-state index in [0.717, 1.165) is 22.3 Å². The smallest absolute Gasteiger partial charge is 0.307 e. The molecule has 0 spiro atoms. The highest BCUT2D eigenvalue weighted by molar-refractivity contribution is 6.33. The van der Waals surface area contributed by atoms with Gasteiger partial charge in [-0.1, -0.05) is 23.2 Å². The highest BCUT2D eigenvalue weighted by Gasteiger charge is 2.10. The summed E-state index contributed by atoms with van der Waals surface area (Å²) in [6, 6.07) is 11.2. The zero-order chi connectivity index (χ0) is 19.8. The Kier molecular flexibility index (Phi) is 6.94. The van der Waals surface area contributed by atoms with E-state index in [1.165, 1.54) is 0 Å². The van der Waals surface area contributed by atoms with Crippen molar-refractivity contribution in [1.82, 2.24) is 9.97 Å². The summed E-state index contributed by atoms with van der Waals surface area (Å²) in [5, 5.41) is 3.47. The van der Waals surface area contributed by atoms with Crippen molar-refractivity contribution in [2.75, 3.05) is 5.32 Å². The van der Waals surface area contributed by atoms with Crippen LogP contribution in [0.25, 0.3) is 11.1 Å². The molecular formula is C20H16ClN3O3. The lowest BCUT2D eigenvalue weighted by atomic mass is 10.1. The van der Waals surface area contributed by atoms with Crippen molar-refractivity contribution < 1.29 is 14.4 Å². The molecule has 0 saturated heterocycles. The summed E-state index contributed by atoms with van der Waals surface area (Å²) >= 11 is 6.25. The second kappa shape index (κ2) is 9.38. The Morgan fingerprint density at radius 2 is 1.81 bits per heavy atom. The van der Waals surface area contributed by atoms with E-state index in [1.807, 2.05) is 38.1 Å². The van der Waals surface area contributed by atoms with Gasteiger partial charge >= 0.3 is 6.15 Å². The summed E-state index contributed by atoms with van der Waals surface area (Å²) < 4.78 is 0. The van der Waals surface area contributed by atoms with Crippen LogP contribution in [0.1, 0.15) is 21.5 Å². The fraction of sp³-hybridized carbons (Fsp3) is 0.100. The fourth-order valence-electron chi connectivity index (χ4n) is 2.40. The molecule has 3 rings (SSSR count). The molecule has 0 fully saturated rings. The lowest BCUT2D eigenvalue weighted by Crippen LogP contribution is -2.14. The van der Waals surface area contributed by atoms with E-state index in [2.05, 4.69) is 15.3 Å². The first kappa shape index (κ1) is 20.0. The molecule has 0 saturated carbocycles. The molecule has 2 aromatic heterocycles. The number of anilines is 1. The molecule has 2 heterocycles. The van der Waals surface area contributed by atoms with Gasteiger partial charge in [-0.15, -0.1) is 0 Å². The minimum atomic E-state index is -0.205. The molecular weight excluding hydrogens is 366 g/mol. The standard InChI is InChI=1S/C19H16ClN3O.CO2/c1-12-3-5-17(20)16(9-12)14-4-6-18(22-11-14)23-19(24)15-7-8-21-10-13(15)2;2-1-3/h3-11H,1-2H3,(H,22,23,24);. The van der Waals surface area contributed by atoms with Crippen molar-refractivity contribution in [3.63, 3.8) is 0 Å². The largest absolute Gasteiger partial charge is 0.373 e.